The minimum atomic E-state index is -0.785. The van der Waals surface area contributed by atoms with Crippen LogP contribution in [0.2, 0.25) is 0 Å². The zero-order valence-corrected chi connectivity index (χ0v) is 12.7. The van der Waals surface area contributed by atoms with Crippen molar-refractivity contribution in [2.75, 3.05) is 6.61 Å². The van der Waals surface area contributed by atoms with Gasteiger partial charge in [-0.25, -0.2) is 4.39 Å². The number of ether oxygens (including phenoxy) is 1. The van der Waals surface area contributed by atoms with Gasteiger partial charge >= 0.3 is 0 Å². The van der Waals surface area contributed by atoms with E-state index in [0.717, 1.165) is 22.2 Å². The fraction of sp³-hybridized carbons (Fsp3) is 0.250. The molecule has 4 heteroatoms. The van der Waals surface area contributed by atoms with Gasteiger partial charge in [-0.2, -0.15) is 0 Å². The van der Waals surface area contributed by atoms with Gasteiger partial charge in [0, 0.05) is 0 Å². The van der Waals surface area contributed by atoms with Gasteiger partial charge in [-0.15, -0.1) is 0 Å². The van der Waals surface area contributed by atoms with Crippen LogP contribution in [-0.4, -0.2) is 11.7 Å². The average Bonchev–Trinajstić information content (AvgIpc) is 2.46. The van der Waals surface area contributed by atoms with Crippen LogP contribution in [0.4, 0.5) is 4.39 Å². The molecule has 0 bridgehead atoms. The van der Waals surface area contributed by atoms with Crippen LogP contribution in [0.25, 0.3) is 0 Å². The second kappa shape index (κ2) is 6.86. The molecule has 2 aromatic rings. The van der Waals surface area contributed by atoms with E-state index in [9.17, 15) is 9.50 Å². The zero-order valence-electron chi connectivity index (χ0n) is 11.1. The lowest BCUT2D eigenvalue weighted by Gasteiger charge is -2.14. The standard InChI is InChI=1S/C16H16BrFO2/c1-2-9-20-15-8-5-12(10-14(15)17)16(19)11-3-6-13(18)7-4-11/h3-8,10,16,19H,2,9H2,1H3. The molecule has 1 atom stereocenters. The Morgan fingerprint density at radius 2 is 1.80 bits per heavy atom. The maximum Gasteiger partial charge on any atom is 0.133 e. The SMILES string of the molecule is CCCOc1ccc(C(O)c2ccc(F)cc2)cc1Br. The van der Waals surface area contributed by atoms with Gasteiger partial charge in [0.2, 0.25) is 0 Å². The molecule has 2 aromatic carbocycles. The Balaban J connectivity index is 2.20. The quantitative estimate of drug-likeness (QED) is 0.872. The highest BCUT2D eigenvalue weighted by atomic mass is 79.9. The minimum Gasteiger partial charge on any atom is -0.492 e. The topological polar surface area (TPSA) is 29.5 Å². The summed E-state index contributed by atoms with van der Waals surface area (Å²) in [6.07, 6.45) is 0.152. The van der Waals surface area contributed by atoms with Gasteiger partial charge in [0.15, 0.2) is 0 Å². The zero-order chi connectivity index (χ0) is 14.5. The van der Waals surface area contributed by atoms with Crippen molar-refractivity contribution in [1.29, 1.82) is 0 Å². The Bertz CT molecular complexity index is 569. The van der Waals surface area contributed by atoms with Gasteiger partial charge in [0.05, 0.1) is 11.1 Å². The maximum atomic E-state index is 12.9. The smallest absolute Gasteiger partial charge is 0.133 e. The van der Waals surface area contributed by atoms with E-state index in [-0.39, 0.29) is 5.82 Å². The van der Waals surface area contributed by atoms with E-state index in [2.05, 4.69) is 15.9 Å². The minimum absolute atomic E-state index is 0.314. The van der Waals surface area contributed by atoms with Gasteiger partial charge < -0.3 is 9.84 Å². The molecule has 2 rings (SSSR count). The number of benzene rings is 2. The number of rotatable bonds is 5. The summed E-state index contributed by atoms with van der Waals surface area (Å²) in [5.74, 6) is 0.437. The van der Waals surface area contributed by atoms with E-state index in [4.69, 9.17) is 4.74 Å². The highest BCUT2D eigenvalue weighted by molar-refractivity contribution is 9.10. The lowest BCUT2D eigenvalue weighted by Crippen LogP contribution is -2.01. The largest absolute Gasteiger partial charge is 0.492 e. The van der Waals surface area contributed by atoms with Crippen LogP contribution in [0.5, 0.6) is 5.75 Å². The average molecular weight is 339 g/mol. The molecule has 0 fully saturated rings. The van der Waals surface area contributed by atoms with Crippen molar-refractivity contribution < 1.29 is 14.2 Å². The molecule has 0 aliphatic rings. The number of halogens is 2. The molecule has 0 radical (unpaired) electrons. The normalized spacial score (nSPS) is 12.2. The summed E-state index contributed by atoms with van der Waals surface area (Å²) in [6, 6.07) is 11.3. The fourth-order valence-corrected chi connectivity index (χ4v) is 2.36. The molecular formula is C16H16BrFO2. The summed E-state index contributed by atoms with van der Waals surface area (Å²) in [4.78, 5) is 0. The summed E-state index contributed by atoms with van der Waals surface area (Å²) in [5.41, 5.74) is 1.38. The summed E-state index contributed by atoms with van der Waals surface area (Å²) < 4.78 is 19.2. The van der Waals surface area contributed by atoms with E-state index in [1.165, 1.54) is 12.1 Å². The van der Waals surface area contributed by atoms with Crippen LogP contribution in [0.15, 0.2) is 46.9 Å². The summed E-state index contributed by atoms with van der Waals surface area (Å²) in [7, 11) is 0. The third kappa shape index (κ3) is 3.58. The number of aliphatic hydroxyl groups is 1. The van der Waals surface area contributed by atoms with Gasteiger partial charge in [-0.3, -0.25) is 0 Å². The number of hydrogen-bond donors (Lipinski definition) is 1. The Morgan fingerprint density at radius 3 is 2.40 bits per heavy atom. The molecule has 0 saturated carbocycles. The first-order valence-electron chi connectivity index (χ1n) is 6.47. The van der Waals surface area contributed by atoms with Crippen molar-refractivity contribution in [3.63, 3.8) is 0 Å². The molecule has 0 amide bonds. The van der Waals surface area contributed by atoms with Gasteiger partial charge in [0.25, 0.3) is 0 Å². The van der Waals surface area contributed by atoms with Crippen LogP contribution in [0, 0.1) is 5.82 Å². The monoisotopic (exact) mass is 338 g/mol. The van der Waals surface area contributed by atoms with E-state index < -0.39 is 6.10 Å². The van der Waals surface area contributed by atoms with Crippen LogP contribution in [0.3, 0.4) is 0 Å². The van der Waals surface area contributed by atoms with Crippen molar-refractivity contribution in [3.05, 3.63) is 63.9 Å². The van der Waals surface area contributed by atoms with Crippen molar-refractivity contribution >= 4 is 15.9 Å². The molecule has 0 aliphatic carbocycles. The Kier molecular flexibility index (Phi) is 5.15. The van der Waals surface area contributed by atoms with Gasteiger partial charge in [-0.1, -0.05) is 25.1 Å². The molecule has 106 valence electrons. The second-order valence-corrected chi connectivity index (χ2v) is 5.35. The molecule has 0 spiro atoms. The van der Waals surface area contributed by atoms with Crippen LogP contribution in [0.1, 0.15) is 30.6 Å². The molecular weight excluding hydrogens is 323 g/mol. The number of aliphatic hydroxyl groups excluding tert-OH is 1. The van der Waals surface area contributed by atoms with Crippen LogP contribution < -0.4 is 4.74 Å². The van der Waals surface area contributed by atoms with E-state index >= 15 is 0 Å². The number of hydrogen-bond acceptors (Lipinski definition) is 2. The predicted octanol–water partition coefficient (Wildman–Crippen LogP) is 4.46. The summed E-state index contributed by atoms with van der Waals surface area (Å²) in [5, 5.41) is 10.3. The molecule has 2 nitrogen and oxygen atoms in total. The Hall–Kier alpha value is -1.39. The summed E-state index contributed by atoms with van der Waals surface area (Å²) in [6.45, 7) is 2.69. The highest BCUT2D eigenvalue weighted by Gasteiger charge is 2.12. The first kappa shape index (κ1) is 15.0. The van der Waals surface area contributed by atoms with Gasteiger partial charge in [-0.05, 0) is 57.7 Å². The Morgan fingerprint density at radius 1 is 1.15 bits per heavy atom. The fourth-order valence-electron chi connectivity index (χ4n) is 1.85. The van der Waals surface area contributed by atoms with Crippen molar-refractivity contribution in [3.8, 4) is 5.75 Å². The molecule has 1 unspecified atom stereocenters. The third-order valence-electron chi connectivity index (χ3n) is 2.92. The molecule has 1 N–H and O–H groups in total. The lowest BCUT2D eigenvalue weighted by atomic mass is 10.0. The first-order valence-corrected chi connectivity index (χ1v) is 7.27. The van der Waals surface area contributed by atoms with E-state index in [1.807, 2.05) is 25.1 Å². The van der Waals surface area contributed by atoms with Crippen molar-refractivity contribution in [2.24, 2.45) is 0 Å². The molecule has 0 heterocycles. The van der Waals surface area contributed by atoms with Crippen molar-refractivity contribution in [2.45, 2.75) is 19.4 Å². The summed E-state index contributed by atoms with van der Waals surface area (Å²) >= 11 is 3.43. The highest BCUT2D eigenvalue weighted by Crippen LogP contribution is 2.31. The van der Waals surface area contributed by atoms with Crippen LogP contribution >= 0.6 is 15.9 Å². The lowest BCUT2D eigenvalue weighted by molar-refractivity contribution is 0.220. The second-order valence-electron chi connectivity index (χ2n) is 4.49. The van der Waals surface area contributed by atoms with E-state index in [1.54, 1.807) is 12.1 Å². The third-order valence-corrected chi connectivity index (χ3v) is 3.54. The van der Waals surface area contributed by atoms with E-state index in [0.29, 0.717) is 12.2 Å². The molecule has 0 aliphatic heterocycles. The van der Waals surface area contributed by atoms with Crippen molar-refractivity contribution in [1.82, 2.24) is 0 Å². The first-order chi connectivity index (χ1) is 9.61. The van der Waals surface area contributed by atoms with Gasteiger partial charge in [0.1, 0.15) is 17.7 Å². The molecule has 0 aromatic heterocycles. The Labute approximate surface area is 126 Å². The molecule has 20 heavy (non-hydrogen) atoms. The predicted molar refractivity (Wildman–Crippen MR) is 80.4 cm³/mol. The maximum absolute atomic E-state index is 12.9. The van der Waals surface area contributed by atoms with Crippen LogP contribution in [-0.2, 0) is 0 Å². The molecule has 0 saturated heterocycles.